The lowest BCUT2D eigenvalue weighted by molar-refractivity contribution is 0.362. The van der Waals surface area contributed by atoms with Crippen LogP contribution in [0.25, 0.3) is 0 Å². The maximum Gasteiger partial charge on any atom is 0.124 e. The zero-order chi connectivity index (χ0) is 11.6. The number of halogens is 2. The molecule has 2 rings (SSSR count). The highest BCUT2D eigenvalue weighted by atomic mass is 79.9. The molecule has 0 saturated heterocycles. The van der Waals surface area contributed by atoms with E-state index in [0.29, 0.717) is 0 Å². The normalized spacial score (nSPS) is 18.9. The van der Waals surface area contributed by atoms with Crippen LogP contribution in [0.3, 0.4) is 0 Å². The molecule has 0 radical (unpaired) electrons. The maximum atomic E-state index is 13.2. The maximum absolute atomic E-state index is 13.2. The second kappa shape index (κ2) is 4.84. The number of benzene rings is 1. The van der Waals surface area contributed by atoms with E-state index in [0.717, 1.165) is 16.6 Å². The largest absolute Gasteiger partial charge is 0.307 e. The van der Waals surface area contributed by atoms with Crippen molar-refractivity contribution in [3.8, 4) is 0 Å². The molecule has 1 N–H and O–H groups in total. The average Bonchev–Trinajstić information content (AvgIpc) is 2.62. The Hall–Kier alpha value is -0.410. The molecule has 1 nitrogen and oxygen atoms in total. The smallest absolute Gasteiger partial charge is 0.124 e. The van der Waals surface area contributed by atoms with E-state index >= 15 is 0 Å². The van der Waals surface area contributed by atoms with E-state index in [1.165, 1.54) is 31.7 Å². The van der Waals surface area contributed by atoms with Crippen molar-refractivity contribution in [1.29, 1.82) is 0 Å². The Morgan fingerprint density at radius 1 is 1.31 bits per heavy atom. The summed E-state index contributed by atoms with van der Waals surface area (Å²) in [6.45, 7) is 3.00. The molecule has 16 heavy (non-hydrogen) atoms. The predicted octanol–water partition coefficient (Wildman–Crippen LogP) is 4.01. The van der Waals surface area contributed by atoms with Crippen molar-refractivity contribution >= 4 is 15.9 Å². The van der Waals surface area contributed by atoms with Gasteiger partial charge in [-0.25, -0.2) is 4.39 Å². The lowest BCUT2D eigenvalue weighted by Gasteiger charge is -2.25. The summed E-state index contributed by atoms with van der Waals surface area (Å²) in [5.41, 5.74) is 1.25. The molecule has 1 aromatic carbocycles. The minimum atomic E-state index is -0.178. The Bertz CT molecular complexity index is 352. The zero-order valence-electron chi connectivity index (χ0n) is 9.52. The molecule has 0 unspecified atom stereocenters. The van der Waals surface area contributed by atoms with Crippen molar-refractivity contribution in [1.82, 2.24) is 5.32 Å². The van der Waals surface area contributed by atoms with Crippen molar-refractivity contribution in [2.24, 2.45) is 0 Å². The van der Waals surface area contributed by atoms with Gasteiger partial charge < -0.3 is 5.32 Å². The van der Waals surface area contributed by atoms with Crippen LogP contribution in [0.1, 0.15) is 38.2 Å². The molecule has 1 saturated carbocycles. The average molecular weight is 286 g/mol. The SMILES string of the molecule is CC1(NCc2cc(F)cc(Br)c2)CCCC1. The minimum absolute atomic E-state index is 0.178. The Morgan fingerprint density at radius 2 is 2.00 bits per heavy atom. The van der Waals surface area contributed by atoms with Crippen LogP contribution in [-0.2, 0) is 6.54 Å². The first kappa shape index (κ1) is 12.1. The minimum Gasteiger partial charge on any atom is -0.307 e. The van der Waals surface area contributed by atoms with Crippen LogP contribution < -0.4 is 5.32 Å². The summed E-state index contributed by atoms with van der Waals surface area (Å²) in [4.78, 5) is 0. The molecule has 1 aromatic rings. The number of nitrogens with one attached hydrogen (secondary N) is 1. The van der Waals surface area contributed by atoms with E-state index < -0.39 is 0 Å². The van der Waals surface area contributed by atoms with Gasteiger partial charge in [0, 0.05) is 16.6 Å². The summed E-state index contributed by atoms with van der Waals surface area (Å²) in [7, 11) is 0. The van der Waals surface area contributed by atoms with Crippen LogP contribution in [0.15, 0.2) is 22.7 Å². The lowest BCUT2D eigenvalue weighted by Crippen LogP contribution is -2.38. The van der Waals surface area contributed by atoms with Gasteiger partial charge >= 0.3 is 0 Å². The third kappa shape index (κ3) is 3.05. The number of hydrogen-bond acceptors (Lipinski definition) is 1. The molecule has 3 heteroatoms. The highest BCUT2D eigenvalue weighted by Crippen LogP contribution is 2.29. The molecular weight excluding hydrogens is 269 g/mol. The first-order chi connectivity index (χ1) is 7.57. The predicted molar refractivity (Wildman–Crippen MR) is 67.8 cm³/mol. The molecule has 0 spiro atoms. The van der Waals surface area contributed by atoms with Gasteiger partial charge in [0.15, 0.2) is 0 Å². The zero-order valence-corrected chi connectivity index (χ0v) is 11.1. The molecule has 0 heterocycles. The standard InChI is InChI=1S/C13H17BrFN/c1-13(4-2-3-5-13)16-9-10-6-11(14)8-12(15)7-10/h6-8,16H,2-5,9H2,1H3. The molecule has 0 bridgehead atoms. The number of hydrogen-bond donors (Lipinski definition) is 1. The molecule has 88 valence electrons. The monoisotopic (exact) mass is 285 g/mol. The van der Waals surface area contributed by atoms with E-state index in [1.54, 1.807) is 6.07 Å². The van der Waals surface area contributed by atoms with Crippen LogP contribution in [0.2, 0.25) is 0 Å². The Labute approximate surface area is 105 Å². The van der Waals surface area contributed by atoms with E-state index in [1.807, 2.05) is 6.07 Å². The summed E-state index contributed by atoms with van der Waals surface area (Å²) in [5.74, 6) is -0.178. The first-order valence-electron chi connectivity index (χ1n) is 5.77. The van der Waals surface area contributed by atoms with Crippen molar-refractivity contribution in [2.45, 2.75) is 44.7 Å². The Balaban J connectivity index is 1.98. The van der Waals surface area contributed by atoms with Gasteiger partial charge in [-0.2, -0.15) is 0 Å². The molecule has 0 aliphatic heterocycles. The van der Waals surface area contributed by atoms with Crippen molar-refractivity contribution in [3.63, 3.8) is 0 Å². The van der Waals surface area contributed by atoms with E-state index in [4.69, 9.17) is 0 Å². The summed E-state index contributed by atoms with van der Waals surface area (Å²) in [6.07, 6.45) is 5.06. The first-order valence-corrected chi connectivity index (χ1v) is 6.57. The summed E-state index contributed by atoms with van der Waals surface area (Å²) >= 11 is 3.31. The Kier molecular flexibility index (Phi) is 3.65. The molecular formula is C13H17BrFN. The fourth-order valence-corrected chi connectivity index (χ4v) is 2.87. The van der Waals surface area contributed by atoms with Gasteiger partial charge in [-0.3, -0.25) is 0 Å². The van der Waals surface area contributed by atoms with Gasteiger partial charge in [-0.1, -0.05) is 28.8 Å². The topological polar surface area (TPSA) is 12.0 Å². The summed E-state index contributed by atoms with van der Waals surface area (Å²) in [5, 5.41) is 3.54. The fourth-order valence-electron chi connectivity index (χ4n) is 2.36. The fraction of sp³-hybridized carbons (Fsp3) is 0.538. The van der Waals surface area contributed by atoms with Crippen LogP contribution in [0.4, 0.5) is 4.39 Å². The van der Waals surface area contributed by atoms with E-state index in [2.05, 4.69) is 28.2 Å². The van der Waals surface area contributed by atoms with Gasteiger partial charge in [0.1, 0.15) is 5.82 Å². The van der Waals surface area contributed by atoms with Crippen molar-refractivity contribution < 1.29 is 4.39 Å². The molecule has 0 amide bonds. The van der Waals surface area contributed by atoms with Gasteiger partial charge in [0.2, 0.25) is 0 Å². The quantitative estimate of drug-likeness (QED) is 0.885. The lowest BCUT2D eigenvalue weighted by atomic mass is 10.0. The van der Waals surface area contributed by atoms with Gasteiger partial charge in [0.05, 0.1) is 0 Å². The molecule has 0 aromatic heterocycles. The van der Waals surface area contributed by atoms with Crippen molar-refractivity contribution in [3.05, 3.63) is 34.1 Å². The third-order valence-corrected chi connectivity index (χ3v) is 3.81. The van der Waals surface area contributed by atoms with Crippen LogP contribution >= 0.6 is 15.9 Å². The van der Waals surface area contributed by atoms with Crippen LogP contribution in [0, 0.1) is 5.82 Å². The van der Waals surface area contributed by atoms with Gasteiger partial charge in [-0.15, -0.1) is 0 Å². The molecule has 1 aliphatic carbocycles. The van der Waals surface area contributed by atoms with Crippen molar-refractivity contribution in [2.75, 3.05) is 0 Å². The highest BCUT2D eigenvalue weighted by molar-refractivity contribution is 9.10. The molecule has 1 fully saturated rings. The third-order valence-electron chi connectivity index (χ3n) is 3.35. The number of rotatable bonds is 3. The van der Waals surface area contributed by atoms with E-state index in [-0.39, 0.29) is 11.4 Å². The molecule has 0 atom stereocenters. The molecule has 1 aliphatic rings. The summed E-state index contributed by atoms with van der Waals surface area (Å²) in [6, 6.07) is 5.05. The van der Waals surface area contributed by atoms with Crippen LogP contribution in [0.5, 0.6) is 0 Å². The van der Waals surface area contributed by atoms with E-state index in [9.17, 15) is 4.39 Å². The second-order valence-corrected chi connectivity index (χ2v) is 5.81. The second-order valence-electron chi connectivity index (χ2n) is 4.90. The summed E-state index contributed by atoms with van der Waals surface area (Å²) < 4.78 is 14.0. The van der Waals surface area contributed by atoms with Crippen LogP contribution in [-0.4, -0.2) is 5.54 Å². The Morgan fingerprint density at radius 3 is 2.62 bits per heavy atom. The highest BCUT2D eigenvalue weighted by Gasteiger charge is 2.27. The van der Waals surface area contributed by atoms with Gasteiger partial charge in [-0.05, 0) is 43.5 Å². The van der Waals surface area contributed by atoms with Gasteiger partial charge in [0.25, 0.3) is 0 Å².